The number of para-hydroxylation sites is 1. The van der Waals surface area contributed by atoms with E-state index in [-0.39, 0.29) is 12.2 Å². The molecule has 0 aliphatic rings. The second-order valence-corrected chi connectivity index (χ2v) is 6.20. The van der Waals surface area contributed by atoms with Crippen molar-refractivity contribution in [2.75, 3.05) is 13.2 Å². The number of hydrogen-bond donors (Lipinski definition) is 1. The first-order valence-corrected chi connectivity index (χ1v) is 8.86. The van der Waals surface area contributed by atoms with Crippen LogP contribution in [0.1, 0.15) is 21.7 Å². The van der Waals surface area contributed by atoms with Crippen molar-refractivity contribution in [1.82, 2.24) is 4.57 Å². The summed E-state index contributed by atoms with van der Waals surface area (Å²) in [6.45, 7) is 0.805. The Morgan fingerprint density at radius 1 is 0.857 bits per heavy atom. The Balaban J connectivity index is 1.56. The van der Waals surface area contributed by atoms with Crippen LogP contribution in [0.3, 0.4) is 0 Å². The fourth-order valence-corrected chi connectivity index (χ4v) is 2.80. The number of nitrogens with zero attached hydrogens (tertiary/aromatic N) is 1. The van der Waals surface area contributed by atoms with E-state index in [0.29, 0.717) is 35.9 Å². The number of carboxylic acids is 1. The summed E-state index contributed by atoms with van der Waals surface area (Å²) in [5.74, 6) is 0.333. The van der Waals surface area contributed by atoms with Gasteiger partial charge in [-0.25, -0.2) is 0 Å². The minimum atomic E-state index is -0.932. The van der Waals surface area contributed by atoms with E-state index >= 15 is 0 Å². The summed E-state index contributed by atoms with van der Waals surface area (Å²) < 4.78 is 12.8. The third kappa shape index (κ3) is 4.79. The van der Waals surface area contributed by atoms with Crippen LogP contribution >= 0.6 is 0 Å². The minimum absolute atomic E-state index is 0.123. The van der Waals surface area contributed by atoms with E-state index in [0.717, 1.165) is 5.75 Å². The first-order valence-electron chi connectivity index (χ1n) is 8.86. The maximum absolute atomic E-state index is 12.7. The van der Waals surface area contributed by atoms with Crippen LogP contribution in [0, 0.1) is 0 Å². The summed E-state index contributed by atoms with van der Waals surface area (Å²) in [7, 11) is 1.69. The lowest BCUT2D eigenvalue weighted by Gasteiger charge is -2.09. The van der Waals surface area contributed by atoms with Gasteiger partial charge in [-0.1, -0.05) is 18.2 Å². The predicted octanol–water partition coefficient (Wildman–Crippen LogP) is 3.34. The monoisotopic (exact) mass is 379 g/mol. The van der Waals surface area contributed by atoms with Gasteiger partial charge in [0.05, 0.1) is 12.1 Å². The molecule has 1 N–H and O–H groups in total. The molecule has 6 nitrogen and oxygen atoms in total. The van der Waals surface area contributed by atoms with Crippen LogP contribution in [0.15, 0.2) is 66.7 Å². The topological polar surface area (TPSA) is 77.8 Å². The highest BCUT2D eigenvalue weighted by Crippen LogP contribution is 2.17. The van der Waals surface area contributed by atoms with Gasteiger partial charge in [-0.2, -0.15) is 0 Å². The Kier molecular flexibility index (Phi) is 6.11. The summed E-state index contributed by atoms with van der Waals surface area (Å²) in [6.07, 6.45) is -0.123. The smallest absolute Gasteiger partial charge is 0.309 e. The lowest BCUT2D eigenvalue weighted by molar-refractivity contribution is -0.136. The van der Waals surface area contributed by atoms with Crippen LogP contribution in [0.5, 0.6) is 11.5 Å². The van der Waals surface area contributed by atoms with Gasteiger partial charge in [0, 0.05) is 18.3 Å². The Morgan fingerprint density at radius 3 is 2.07 bits per heavy atom. The number of ether oxygens (including phenoxy) is 2. The second-order valence-electron chi connectivity index (χ2n) is 6.20. The van der Waals surface area contributed by atoms with E-state index in [2.05, 4.69) is 0 Å². The van der Waals surface area contributed by atoms with Gasteiger partial charge >= 0.3 is 5.97 Å². The number of aliphatic carboxylic acids is 1. The number of hydrogen-bond acceptors (Lipinski definition) is 4. The summed E-state index contributed by atoms with van der Waals surface area (Å²) in [4.78, 5) is 23.5. The average Bonchev–Trinajstić information content (AvgIpc) is 3.06. The number of ketones is 1. The first kappa shape index (κ1) is 19.2. The van der Waals surface area contributed by atoms with E-state index in [9.17, 15) is 9.59 Å². The third-order valence-electron chi connectivity index (χ3n) is 4.27. The molecule has 6 heteroatoms. The van der Waals surface area contributed by atoms with Crippen molar-refractivity contribution in [3.8, 4) is 11.5 Å². The summed E-state index contributed by atoms with van der Waals surface area (Å²) in [6, 6.07) is 19.7. The van der Waals surface area contributed by atoms with E-state index in [1.165, 1.54) is 0 Å². The molecule has 0 bridgehead atoms. The maximum Gasteiger partial charge on any atom is 0.309 e. The molecule has 0 atom stereocenters. The van der Waals surface area contributed by atoms with E-state index in [1.807, 2.05) is 30.3 Å². The molecule has 3 aromatic rings. The SMILES string of the molecule is Cn1c(CC(=O)O)ccc1C(=O)c1ccc(OCCOc2ccccc2)cc1. The summed E-state index contributed by atoms with van der Waals surface area (Å²) in [5, 5.41) is 8.92. The maximum atomic E-state index is 12.7. The molecular formula is C22H21NO5. The van der Waals surface area contributed by atoms with E-state index < -0.39 is 5.97 Å². The molecule has 1 heterocycles. The number of carbonyl (C=O) groups is 2. The molecular weight excluding hydrogens is 358 g/mol. The van der Waals surface area contributed by atoms with Crippen LogP contribution < -0.4 is 9.47 Å². The highest BCUT2D eigenvalue weighted by atomic mass is 16.5. The van der Waals surface area contributed by atoms with Crippen LogP contribution in [0.2, 0.25) is 0 Å². The van der Waals surface area contributed by atoms with Crippen molar-refractivity contribution in [1.29, 1.82) is 0 Å². The van der Waals surface area contributed by atoms with Crippen LogP contribution in [-0.2, 0) is 18.3 Å². The van der Waals surface area contributed by atoms with Crippen molar-refractivity contribution in [2.24, 2.45) is 7.05 Å². The van der Waals surface area contributed by atoms with Crippen molar-refractivity contribution in [3.05, 3.63) is 83.7 Å². The van der Waals surface area contributed by atoms with Gasteiger partial charge in [0.1, 0.15) is 24.7 Å². The van der Waals surface area contributed by atoms with E-state index in [1.54, 1.807) is 48.0 Å². The molecule has 0 radical (unpaired) electrons. The Bertz CT molecular complexity index is 945. The third-order valence-corrected chi connectivity index (χ3v) is 4.27. The van der Waals surface area contributed by atoms with Crippen LogP contribution in [-0.4, -0.2) is 34.6 Å². The quantitative estimate of drug-likeness (QED) is 0.456. The molecule has 1 aromatic heterocycles. The number of carboxylic acid groups (broad SMARTS) is 1. The largest absolute Gasteiger partial charge is 0.490 e. The summed E-state index contributed by atoms with van der Waals surface area (Å²) >= 11 is 0. The molecule has 0 amide bonds. The molecule has 28 heavy (non-hydrogen) atoms. The summed E-state index contributed by atoms with van der Waals surface area (Å²) in [5.41, 5.74) is 1.53. The van der Waals surface area contributed by atoms with Gasteiger partial charge in [0.2, 0.25) is 5.78 Å². The zero-order valence-electron chi connectivity index (χ0n) is 15.5. The molecule has 0 saturated heterocycles. The number of rotatable bonds is 9. The second kappa shape index (κ2) is 8.90. The predicted molar refractivity (Wildman–Crippen MR) is 104 cm³/mol. The normalized spacial score (nSPS) is 10.5. The van der Waals surface area contributed by atoms with Crippen molar-refractivity contribution in [3.63, 3.8) is 0 Å². The Labute approximate surface area is 162 Å². The number of aromatic nitrogens is 1. The highest BCUT2D eigenvalue weighted by molar-refractivity contribution is 6.08. The molecule has 0 spiro atoms. The standard InChI is InChI=1S/C22H21NO5/c1-23-17(15-21(24)25)9-12-20(23)22(26)16-7-10-19(11-8-16)28-14-13-27-18-5-3-2-4-6-18/h2-12H,13-15H2,1H3,(H,24,25). The Morgan fingerprint density at radius 2 is 1.46 bits per heavy atom. The molecule has 0 fully saturated rings. The van der Waals surface area contributed by atoms with Gasteiger partial charge in [-0.05, 0) is 48.5 Å². The molecule has 0 aliphatic heterocycles. The van der Waals surface area contributed by atoms with Gasteiger partial charge in [0.25, 0.3) is 0 Å². The first-order chi connectivity index (χ1) is 13.5. The molecule has 144 valence electrons. The van der Waals surface area contributed by atoms with Gasteiger partial charge < -0.3 is 19.1 Å². The lowest BCUT2D eigenvalue weighted by Crippen LogP contribution is -2.12. The van der Waals surface area contributed by atoms with Crippen LogP contribution in [0.25, 0.3) is 0 Å². The van der Waals surface area contributed by atoms with Gasteiger partial charge in [-0.3, -0.25) is 9.59 Å². The molecule has 0 saturated carbocycles. The Hall–Kier alpha value is -3.54. The van der Waals surface area contributed by atoms with E-state index in [4.69, 9.17) is 14.6 Å². The van der Waals surface area contributed by atoms with Crippen LogP contribution in [0.4, 0.5) is 0 Å². The molecule has 0 aliphatic carbocycles. The fourth-order valence-electron chi connectivity index (χ4n) is 2.80. The molecule has 2 aromatic carbocycles. The van der Waals surface area contributed by atoms with Gasteiger partial charge in [-0.15, -0.1) is 0 Å². The zero-order chi connectivity index (χ0) is 19.9. The molecule has 0 unspecified atom stereocenters. The molecule has 3 rings (SSSR count). The number of carbonyl (C=O) groups excluding carboxylic acids is 1. The van der Waals surface area contributed by atoms with Crippen molar-refractivity contribution >= 4 is 11.8 Å². The minimum Gasteiger partial charge on any atom is -0.490 e. The highest BCUT2D eigenvalue weighted by Gasteiger charge is 2.16. The fraction of sp³-hybridized carbons (Fsp3) is 0.182. The average molecular weight is 379 g/mol. The van der Waals surface area contributed by atoms with Crippen molar-refractivity contribution in [2.45, 2.75) is 6.42 Å². The zero-order valence-corrected chi connectivity index (χ0v) is 15.5. The number of benzene rings is 2. The lowest BCUT2D eigenvalue weighted by atomic mass is 10.1. The van der Waals surface area contributed by atoms with Crippen molar-refractivity contribution < 1.29 is 24.2 Å². The van der Waals surface area contributed by atoms with Gasteiger partial charge in [0.15, 0.2) is 0 Å².